The molecule has 2 unspecified atom stereocenters. The number of benzene rings is 1. The van der Waals surface area contributed by atoms with Gasteiger partial charge in [-0.2, -0.15) is 0 Å². The number of rotatable bonds is 8. The van der Waals surface area contributed by atoms with Crippen LogP contribution in [0, 0.1) is 6.92 Å². The third-order valence-electron chi connectivity index (χ3n) is 3.96. The molecule has 2 atom stereocenters. The molecule has 1 aromatic rings. The van der Waals surface area contributed by atoms with Gasteiger partial charge in [0, 0.05) is 24.3 Å². The van der Waals surface area contributed by atoms with E-state index in [4.69, 9.17) is 5.73 Å². The van der Waals surface area contributed by atoms with Crippen molar-refractivity contribution in [3.63, 3.8) is 0 Å². The molecule has 0 radical (unpaired) electrons. The number of aryl methyl sites for hydroxylation is 1. The minimum atomic E-state index is 0.209. The van der Waals surface area contributed by atoms with Gasteiger partial charge in [-0.15, -0.1) is 0 Å². The second kappa shape index (κ2) is 8.31. The van der Waals surface area contributed by atoms with E-state index in [1.165, 1.54) is 36.1 Å². The molecule has 114 valence electrons. The molecule has 0 aromatic heterocycles. The molecule has 0 saturated heterocycles. The summed E-state index contributed by atoms with van der Waals surface area (Å²) in [6.45, 7) is 12.2. The standard InChI is InChI=1S/C18H32N2/c1-6-8-11-20(16(5)7-2)18-10-9-14(3)12-17(18)13-15(4)19/h9-10,12,15-16H,6-8,11,13,19H2,1-5H3. The number of nitrogens with two attached hydrogens (primary N) is 1. The van der Waals surface area contributed by atoms with Crippen LogP contribution in [0.5, 0.6) is 0 Å². The second-order valence-electron chi connectivity index (χ2n) is 6.12. The largest absolute Gasteiger partial charge is 0.369 e. The first kappa shape index (κ1) is 17.0. The zero-order valence-corrected chi connectivity index (χ0v) is 13.9. The highest BCUT2D eigenvalue weighted by atomic mass is 15.2. The van der Waals surface area contributed by atoms with E-state index in [0.717, 1.165) is 13.0 Å². The summed E-state index contributed by atoms with van der Waals surface area (Å²) in [4.78, 5) is 2.57. The molecular weight excluding hydrogens is 244 g/mol. The minimum Gasteiger partial charge on any atom is -0.369 e. The first-order valence-corrected chi connectivity index (χ1v) is 8.11. The summed E-state index contributed by atoms with van der Waals surface area (Å²) in [5.74, 6) is 0. The average Bonchev–Trinajstić information content (AvgIpc) is 2.40. The van der Waals surface area contributed by atoms with Crippen molar-refractivity contribution < 1.29 is 0 Å². The molecule has 0 aliphatic heterocycles. The maximum Gasteiger partial charge on any atom is 0.0401 e. The molecule has 0 saturated carbocycles. The van der Waals surface area contributed by atoms with Crippen molar-refractivity contribution in [2.75, 3.05) is 11.4 Å². The Morgan fingerprint density at radius 3 is 2.45 bits per heavy atom. The second-order valence-corrected chi connectivity index (χ2v) is 6.12. The van der Waals surface area contributed by atoms with E-state index < -0.39 is 0 Å². The first-order chi connectivity index (χ1) is 9.49. The zero-order valence-electron chi connectivity index (χ0n) is 13.9. The summed E-state index contributed by atoms with van der Waals surface area (Å²) in [6.07, 6.45) is 4.61. The summed E-state index contributed by atoms with van der Waals surface area (Å²) < 4.78 is 0. The van der Waals surface area contributed by atoms with Crippen molar-refractivity contribution in [3.8, 4) is 0 Å². The molecule has 2 nitrogen and oxygen atoms in total. The normalized spacial score (nSPS) is 14.1. The van der Waals surface area contributed by atoms with Crippen LogP contribution in [0.3, 0.4) is 0 Å². The predicted molar refractivity (Wildman–Crippen MR) is 90.5 cm³/mol. The van der Waals surface area contributed by atoms with Gasteiger partial charge in [0.2, 0.25) is 0 Å². The van der Waals surface area contributed by atoms with Gasteiger partial charge in [-0.3, -0.25) is 0 Å². The highest BCUT2D eigenvalue weighted by Gasteiger charge is 2.16. The van der Waals surface area contributed by atoms with E-state index in [9.17, 15) is 0 Å². The third kappa shape index (κ3) is 4.82. The Morgan fingerprint density at radius 1 is 1.20 bits per heavy atom. The lowest BCUT2D eigenvalue weighted by Crippen LogP contribution is -2.34. The SMILES string of the molecule is CCCCN(c1ccc(C)cc1CC(C)N)C(C)CC. The molecule has 0 spiro atoms. The van der Waals surface area contributed by atoms with E-state index in [-0.39, 0.29) is 6.04 Å². The van der Waals surface area contributed by atoms with Crippen LogP contribution in [0.15, 0.2) is 18.2 Å². The van der Waals surface area contributed by atoms with Crippen molar-refractivity contribution in [1.29, 1.82) is 0 Å². The van der Waals surface area contributed by atoms with Gasteiger partial charge in [0.1, 0.15) is 0 Å². The highest BCUT2D eigenvalue weighted by Crippen LogP contribution is 2.26. The number of unbranched alkanes of at least 4 members (excludes halogenated alkanes) is 1. The predicted octanol–water partition coefficient (Wildman–Crippen LogP) is 4.29. The lowest BCUT2D eigenvalue weighted by Gasteiger charge is -2.33. The summed E-state index contributed by atoms with van der Waals surface area (Å²) in [7, 11) is 0. The summed E-state index contributed by atoms with van der Waals surface area (Å²) >= 11 is 0. The maximum atomic E-state index is 6.03. The van der Waals surface area contributed by atoms with Crippen LogP contribution in [0.1, 0.15) is 58.1 Å². The summed E-state index contributed by atoms with van der Waals surface area (Å²) in [5.41, 5.74) is 10.1. The van der Waals surface area contributed by atoms with Gasteiger partial charge in [0.05, 0.1) is 0 Å². The van der Waals surface area contributed by atoms with E-state index in [2.05, 4.69) is 57.7 Å². The van der Waals surface area contributed by atoms with Crippen LogP contribution < -0.4 is 10.6 Å². The first-order valence-electron chi connectivity index (χ1n) is 8.11. The molecule has 0 aliphatic carbocycles. The Kier molecular flexibility index (Phi) is 7.08. The van der Waals surface area contributed by atoms with Crippen molar-refractivity contribution in [1.82, 2.24) is 0 Å². The van der Waals surface area contributed by atoms with E-state index in [0.29, 0.717) is 6.04 Å². The van der Waals surface area contributed by atoms with Gasteiger partial charge in [-0.25, -0.2) is 0 Å². The van der Waals surface area contributed by atoms with Crippen molar-refractivity contribution >= 4 is 5.69 Å². The van der Waals surface area contributed by atoms with E-state index in [1.807, 2.05) is 0 Å². The lowest BCUT2D eigenvalue weighted by molar-refractivity contribution is 0.591. The molecule has 1 rings (SSSR count). The Bertz CT molecular complexity index is 398. The number of anilines is 1. The summed E-state index contributed by atoms with van der Waals surface area (Å²) in [5, 5.41) is 0. The molecule has 0 aliphatic rings. The maximum absolute atomic E-state index is 6.03. The van der Waals surface area contributed by atoms with Gasteiger partial charge in [0.25, 0.3) is 0 Å². The molecule has 0 heterocycles. The third-order valence-corrected chi connectivity index (χ3v) is 3.96. The quantitative estimate of drug-likeness (QED) is 0.767. The van der Waals surface area contributed by atoms with E-state index >= 15 is 0 Å². The van der Waals surface area contributed by atoms with E-state index in [1.54, 1.807) is 0 Å². The van der Waals surface area contributed by atoms with Crippen LogP contribution in [-0.2, 0) is 6.42 Å². The summed E-state index contributed by atoms with van der Waals surface area (Å²) in [6, 6.07) is 7.60. The Balaban J connectivity index is 3.09. The molecule has 1 aromatic carbocycles. The number of hydrogen-bond acceptors (Lipinski definition) is 2. The van der Waals surface area contributed by atoms with Gasteiger partial charge in [0.15, 0.2) is 0 Å². The smallest absolute Gasteiger partial charge is 0.0401 e. The van der Waals surface area contributed by atoms with Gasteiger partial charge >= 0.3 is 0 Å². The molecular formula is C18H32N2. The van der Waals surface area contributed by atoms with Crippen LogP contribution in [0.4, 0.5) is 5.69 Å². The Hall–Kier alpha value is -1.02. The Morgan fingerprint density at radius 2 is 1.90 bits per heavy atom. The zero-order chi connectivity index (χ0) is 15.1. The fraction of sp³-hybridized carbons (Fsp3) is 0.667. The van der Waals surface area contributed by atoms with Gasteiger partial charge in [-0.1, -0.05) is 38.0 Å². The molecule has 0 fully saturated rings. The van der Waals surface area contributed by atoms with Crippen molar-refractivity contribution in [2.45, 2.75) is 72.4 Å². The fourth-order valence-electron chi connectivity index (χ4n) is 2.63. The van der Waals surface area contributed by atoms with Crippen LogP contribution in [-0.4, -0.2) is 18.6 Å². The highest BCUT2D eigenvalue weighted by molar-refractivity contribution is 5.56. The molecule has 20 heavy (non-hydrogen) atoms. The molecule has 2 N–H and O–H groups in total. The topological polar surface area (TPSA) is 29.3 Å². The van der Waals surface area contributed by atoms with Crippen LogP contribution >= 0.6 is 0 Å². The monoisotopic (exact) mass is 276 g/mol. The molecule has 0 bridgehead atoms. The number of nitrogens with zero attached hydrogens (tertiary/aromatic N) is 1. The van der Waals surface area contributed by atoms with Crippen LogP contribution in [0.2, 0.25) is 0 Å². The Labute approximate surface area is 125 Å². The number of hydrogen-bond donors (Lipinski definition) is 1. The van der Waals surface area contributed by atoms with Gasteiger partial charge < -0.3 is 10.6 Å². The molecule has 0 amide bonds. The van der Waals surface area contributed by atoms with Crippen molar-refractivity contribution in [3.05, 3.63) is 29.3 Å². The van der Waals surface area contributed by atoms with Gasteiger partial charge in [-0.05, 0) is 51.7 Å². The van der Waals surface area contributed by atoms with Crippen molar-refractivity contribution in [2.24, 2.45) is 5.73 Å². The minimum absolute atomic E-state index is 0.209. The molecule has 2 heteroatoms. The van der Waals surface area contributed by atoms with Crippen LogP contribution in [0.25, 0.3) is 0 Å². The average molecular weight is 276 g/mol. The lowest BCUT2D eigenvalue weighted by atomic mass is 10.0. The fourth-order valence-corrected chi connectivity index (χ4v) is 2.63.